The number of carbonyl (C=O) groups is 2. The first-order valence-corrected chi connectivity index (χ1v) is 9.67. The van der Waals surface area contributed by atoms with Gasteiger partial charge in [0.05, 0.1) is 6.10 Å². The van der Waals surface area contributed by atoms with Gasteiger partial charge in [-0.25, -0.2) is 9.59 Å². The quantitative estimate of drug-likeness (QED) is 0.315. The molecule has 2 aliphatic rings. The van der Waals surface area contributed by atoms with Crippen molar-refractivity contribution in [3.05, 3.63) is 65.2 Å². The van der Waals surface area contributed by atoms with E-state index in [9.17, 15) is 22.8 Å². The van der Waals surface area contributed by atoms with E-state index in [0.717, 1.165) is 5.56 Å². The predicted molar refractivity (Wildman–Crippen MR) is 105 cm³/mol. The molecule has 0 amide bonds. The number of fused-ring (bicyclic) bond motifs is 3. The van der Waals surface area contributed by atoms with E-state index in [1.807, 2.05) is 0 Å². The average molecular weight is 448 g/mol. The maximum Gasteiger partial charge on any atom is 0.490 e. The van der Waals surface area contributed by atoms with Gasteiger partial charge in [-0.2, -0.15) is 13.2 Å². The number of ether oxygens (including phenoxy) is 3. The summed E-state index contributed by atoms with van der Waals surface area (Å²) >= 11 is 0. The van der Waals surface area contributed by atoms with Crippen LogP contribution in [0.15, 0.2) is 48.5 Å². The molecule has 0 bridgehead atoms. The molecule has 0 saturated heterocycles. The van der Waals surface area contributed by atoms with E-state index in [4.69, 9.17) is 25.4 Å². The van der Waals surface area contributed by atoms with Crippen molar-refractivity contribution in [2.75, 3.05) is 7.11 Å². The van der Waals surface area contributed by atoms with Crippen molar-refractivity contribution < 1.29 is 37.0 Å². The van der Waals surface area contributed by atoms with Gasteiger partial charge in [-0.1, -0.05) is 24.3 Å². The summed E-state index contributed by atoms with van der Waals surface area (Å²) in [4.78, 5) is 25.0. The van der Waals surface area contributed by atoms with Gasteiger partial charge in [0, 0.05) is 24.5 Å². The summed E-state index contributed by atoms with van der Waals surface area (Å²) in [5.74, 6) is -5.47. The monoisotopic (exact) mass is 448 g/mol. The number of alkyl halides is 3. The minimum Gasteiger partial charge on any atom is -0.439 e. The van der Waals surface area contributed by atoms with Crippen molar-refractivity contribution in [1.29, 1.82) is 5.41 Å². The third kappa shape index (κ3) is 3.50. The lowest BCUT2D eigenvalue weighted by Gasteiger charge is -2.22. The Kier molecular flexibility index (Phi) is 5.20. The van der Waals surface area contributed by atoms with Crippen LogP contribution < -0.4 is 10.5 Å². The molecular formula is C22H19F3N2O5. The van der Waals surface area contributed by atoms with E-state index in [1.54, 1.807) is 24.3 Å². The van der Waals surface area contributed by atoms with Crippen molar-refractivity contribution in [3.8, 4) is 5.75 Å². The number of nitrogens with two attached hydrogens (primary N) is 1. The molecule has 3 N–H and O–H groups in total. The predicted octanol–water partition coefficient (Wildman–Crippen LogP) is 2.71. The summed E-state index contributed by atoms with van der Waals surface area (Å²) in [6.45, 7) is 0. The zero-order valence-electron chi connectivity index (χ0n) is 16.8. The molecule has 0 spiro atoms. The fraction of sp³-hybridized carbons (Fsp3) is 0.318. The number of benzene rings is 2. The van der Waals surface area contributed by atoms with Crippen LogP contribution in [0.1, 0.15) is 22.6 Å². The molecule has 0 aromatic heterocycles. The number of carbonyl (C=O) groups excluding carboxylic acids is 2. The minimum atomic E-state index is -5.29. The van der Waals surface area contributed by atoms with Crippen molar-refractivity contribution in [3.63, 3.8) is 0 Å². The van der Waals surface area contributed by atoms with Crippen molar-refractivity contribution in [2.45, 2.75) is 30.2 Å². The largest absolute Gasteiger partial charge is 0.490 e. The van der Waals surface area contributed by atoms with Crippen LogP contribution in [0, 0.1) is 11.3 Å². The Bertz CT molecular complexity index is 1090. The molecule has 32 heavy (non-hydrogen) atoms. The second kappa shape index (κ2) is 7.63. The number of nitrogens with one attached hydrogen (secondary N) is 1. The normalized spacial score (nSPS) is 25.8. The highest BCUT2D eigenvalue weighted by atomic mass is 19.4. The zero-order chi connectivity index (χ0) is 23.3. The number of nitrogen functional groups attached to an aromatic ring is 1. The van der Waals surface area contributed by atoms with Gasteiger partial charge in [0.1, 0.15) is 11.6 Å². The highest BCUT2D eigenvalue weighted by molar-refractivity contribution is 5.95. The van der Waals surface area contributed by atoms with Crippen LogP contribution in [-0.4, -0.2) is 42.8 Å². The molecule has 0 aliphatic heterocycles. The molecule has 168 valence electrons. The molecule has 4 rings (SSSR count). The smallest absolute Gasteiger partial charge is 0.439 e. The number of rotatable bonds is 5. The van der Waals surface area contributed by atoms with Gasteiger partial charge in [0.25, 0.3) is 0 Å². The van der Waals surface area contributed by atoms with Crippen molar-refractivity contribution in [1.82, 2.24) is 0 Å². The number of hydrogen-bond acceptors (Lipinski definition) is 6. The fourth-order valence-corrected chi connectivity index (χ4v) is 4.44. The molecule has 7 nitrogen and oxygen atoms in total. The van der Waals surface area contributed by atoms with Crippen LogP contribution in [0.5, 0.6) is 5.75 Å². The summed E-state index contributed by atoms with van der Waals surface area (Å²) in [7, 11) is 1.39. The zero-order valence-corrected chi connectivity index (χ0v) is 16.8. The highest BCUT2D eigenvalue weighted by Crippen LogP contribution is 2.66. The average Bonchev–Trinajstić information content (AvgIpc) is 3.43. The first-order chi connectivity index (χ1) is 15.1. The summed E-state index contributed by atoms with van der Waals surface area (Å²) in [5.41, 5.74) is 4.99. The third-order valence-electron chi connectivity index (χ3n) is 5.91. The lowest BCUT2D eigenvalue weighted by molar-refractivity contribution is -0.211. The number of halogens is 3. The van der Waals surface area contributed by atoms with E-state index < -0.39 is 41.7 Å². The second-order valence-electron chi connectivity index (χ2n) is 7.69. The molecule has 2 aromatic carbocycles. The third-order valence-corrected chi connectivity index (χ3v) is 5.91. The van der Waals surface area contributed by atoms with Gasteiger partial charge in [-0.3, -0.25) is 5.41 Å². The van der Waals surface area contributed by atoms with E-state index in [0.29, 0.717) is 17.5 Å². The lowest BCUT2D eigenvalue weighted by Crippen LogP contribution is -2.42. The molecule has 0 heterocycles. The van der Waals surface area contributed by atoms with E-state index in [-0.39, 0.29) is 11.6 Å². The first kappa shape index (κ1) is 21.8. The molecule has 4 atom stereocenters. The van der Waals surface area contributed by atoms with E-state index in [1.165, 1.54) is 31.4 Å². The minimum absolute atomic E-state index is 0.00771. The molecule has 1 saturated carbocycles. The molecular weight excluding hydrogens is 429 g/mol. The van der Waals surface area contributed by atoms with Gasteiger partial charge in [0.15, 0.2) is 0 Å². The molecule has 2 aliphatic carbocycles. The topological polar surface area (TPSA) is 112 Å². The van der Waals surface area contributed by atoms with Gasteiger partial charge in [-0.05, 0) is 41.8 Å². The van der Waals surface area contributed by atoms with Crippen LogP contribution in [0.25, 0.3) is 0 Å². The second-order valence-corrected chi connectivity index (χ2v) is 7.69. The molecule has 10 heteroatoms. The highest BCUT2D eigenvalue weighted by Gasteiger charge is 2.79. The summed E-state index contributed by atoms with van der Waals surface area (Å²) < 4.78 is 54.9. The van der Waals surface area contributed by atoms with Crippen LogP contribution in [0.3, 0.4) is 0 Å². The number of amidine groups is 1. The van der Waals surface area contributed by atoms with Crippen LogP contribution in [-0.2, 0) is 25.5 Å². The summed E-state index contributed by atoms with van der Waals surface area (Å²) in [5, 5.41) is 7.41. The lowest BCUT2D eigenvalue weighted by atomic mass is 9.90. The summed E-state index contributed by atoms with van der Waals surface area (Å²) in [6, 6.07) is 12.5. The van der Waals surface area contributed by atoms with Crippen LogP contribution in [0.4, 0.5) is 13.2 Å². The number of esters is 2. The molecule has 2 aromatic rings. The Balaban J connectivity index is 1.72. The van der Waals surface area contributed by atoms with E-state index in [2.05, 4.69) is 0 Å². The van der Waals surface area contributed by atoms with Crippen LogP contribution >= 0.6 is 0 Å². The Morgan fingerprint density at radius 2 is 1.78 bits per heavy atom. The number of methoxy groups -OCH3 is 1. The van der Waals surface area contributed by atoms with Gasteiger partial charge < -0.3 is 19.9 Å². The SMILES string of the molecule is COC1Cc2ccccc2C2C1C2(OC(=O)C(F)(F)F)C(=O)Oc1ccc(C(=N)N)cc1. The van der Waals surface area contributed by atoms with Crippen LogP contribution in [0.2, 0.25) is 0 Å². The van der Waals surface area contributed by atoms with Gasteiger partial charge >= 0.3 is 18.1 Å². The molecule has 0 radical (unpaired) electrons. The maximum absolute atomic E-state index is 13.2. The van der Waals surface area contributed by atoms with Gasteiger partial charge in [0.2, 0.25) is 5.60 Å². The van der Waals surface area contributed by atoms with E-state index >= 15 is 0 Å². The van der Waals surface area contributed by atoms with Crippen molar-refractivity contribution >= 4 is 17.8 Å². The fourth-order valence-electron chi connectivity index (χ4n) is 4.44. The maximum atomic E-state index is 13.2. The first-order valence-electron chi connectivity index (χ1n) is 9.67. The molecule has 4 unspecified atom stereocenters. The standard InChI is InChI=1S/C22H19F3N2O5/c1-30-15-10-12-4-2-3-5-14(12)16-17(15)21(16,32-20(29)22(23,24)25)19(28)31-13-8-6-11(7-9-13)18(26)27/h2-9,15-17H,10H2,1H3,(H3,26,27). The number of hydrogen-bond donors (Lipinski definition) is 2. The van der Waals surface area contributed by atoms with Gasteiger partial charge in [-0.15, -0.1) is 0 Å². The van der Waals surface area contributed by atoms with Crippen molar-refractivity contribution in [2.24, 2.45) is 11.7 Å². The Hall–Kier alpha value is -3.40. The Labute approximate surface area is 180 Å². The Morgan fingerprint density at radius 3 is 2.38 bits per heavy atom. The molecule has 1 fully saturated rings. The Morgan fingerprint density at radius 1 is 1.12 bits per heavy atom. The summed E-state index contributed by atoms with van der Waals surface area (Å²) in [6.07, 6.45) is -5.59.